The van der Waals surface area contributed by atoms with Gasteiger partial charge in [0.2, 0.25) is 15.9 Å². The first-order valence-electron chi connectivity index (χ1n) is 9.39. The molecule has 0 unspecified atom stereocenters. The molecule has 1 N–H and O–H groups in total. The van der Waals surface area contributed by atoms with E-state index < -0.39 is 10.0 Å². The molecule has 0 heterocycles. The van der Waals surface area contributed by atoms with Crippen molar-refractivity contribution in [1.29, 1.82) is 0 Å². The fourth-order valence-electron chi connectivity index (χ4n) is 3.07. The Hall–Kier alpha value is -2.22. The Morgan fingerprint density at radius 3 is 2.57 bits per heavy atom. The Kier molecular flexibility index (Phi) is 7.64. The van der Waals surface area contributed by atoms with Gasteiger partial charge in [0.15, 0.2) is 0 Å². The Morgan fingerprint density at radius 1 is 1.07 bits per heavy atom. The van der Waals surface area contributed by atoms with E-state index >= 15 is 0 Å². The van der Waals surface area contributed by atoms with Gasteiger partial charge in [0.1, 0.15) is 6.54 Å². The third kappa shape index (κ3) is 6.14. The highest BCUT2D eigenvalue weighted by Crippen LogP contribution is 2.28. The monoisotopic (exact) mass is 462 g/mol. The van der Waals surface area contributed by atoms with Crippen LogP contribution in [0.25, 0.3) is 10.8 Å². The van der Waals surface area contributed by atoms with Crippen molar-refractivity contribution in [3.8, 4) is 0 Å². The van der Waals surface area contributed by atoms with E-state index in [2.05, 4.69) is 5.32 Å². The van der Waals surface area contributed by atoms with Crippen molar-refractivity contribution in [3.63, 3.8) is 0 Å². The van der Waals surface area contributed by atoms with Crippen molar-refractivity contribution in [3.05, 3.63) is 77.3 Å². The van der Waals surface area contributed by atoms with E-state index in [-0.39, 0.29) is 12.5 Å². The third-order valence-corrected chi connectivity index (χ3v) is 6.84. The fourth-order valence-corrected chi connectivity index (χ4v) is 4.96. The Labute approximate surface area is 186 Å². The molecule has 3 aromatic rings. The molecule has 30 heavy (non-hydrogen) atoms. The molecule has 3 aromatic carbocycles. The molecule has 0 saturated heterocycles. The lowest BCUT2D eigenvalue weighted by molar-refractivity contribution is -0.119. The molecule has 0 saturated carbocycles. The Balaban J connectivity index is 1.58. The van der Waals surface area contributed by atoms with E-state index in [0.717, 1.165) is 32.6 Å². The number of fused-ring (bicyclic) bond motifs is 1. The molecule has 0 aliphatic carbocycles. The van der Waals surface area contributed by atoms with Gasteiger partial charge in [-0.1, -0.05) is 60.1 Å². The van der Waals surface area contributed by atoms with Gasteiger partial charge < -0.3 is 5.32 Å². The summed E-state index contributed by atoms with van der Waals surface area (Å²) >= 11 is 7.65. The van der Waals surface area contributed by atoms with Crippen molar-refractivity contribution >= 4 is 55.8 Å². The molecule has 0 radical (unpaired) electrons. The van der Waals surface area contributed by atoms with Crippen LogP contribution in [0, 0.1) is 0 Å². The molecule has 0 aromatic heterocycles. The summed E-state index contributed by atoms with van der Waals surface area (Å²) in [4.78, 5) is 12.4. The predicted octanol–water partition coefficient (Wildman–Crippen LogP) is 4.31. The number of benzene rings is 3. The first-order chi connectivity index (χ1) is 14.3. The van der Waals surface area contributed by atoms with E-state index in [4.69, 9.17) is 11.6 Å². The van der Waals surface area contributed by atoms with Gasteiger partial charge in [-0.15, -0.1) is 0 Å². The summed E-state index contributed by atoms with van der Waals surface area (Å²) < 4.78 is 26.0. The van der Waals surface area contributed by atoms with Crippen molar-refractivity contribution in [2.45, 2.75) is 5.75 Å². The number of hydrogen-bond donors (Lipinski definition) is 1. The van der Waals surface area contributed by atoms with E-state index in [1.807, 2.05) is 54.6 Å². The van der Waals surface area contributed by atoms with Gasteiger partial charge >= 0.3 is 0 Å². The number of sulfonamides is 1. The highest BCUT2D eigenvalue weighted by Gasteiger charge is 2.22. The molecule has 0 bridgehead atoms. The molecular weight excluding hydrogens is 440 g/mol. The Morgan fingerprint density at radius 2 is 1.80 bits per heavy atom. The quantitative estimate of drug-likeness (QED) is 0.481. The lowest BCUT2D eigenvalue weighted by atomic mass is 10.1. The number of carbonyl (C=O) groups is 1. The summed E-state index contributed by atoms with van der Waals surface area (Å²) in [6.07, 6.45) is 1.11. The van der Waals surface area contributed by atoms with Crippen LogP contribution in [0.15, 0.2) is 66.7 Å². The molecule has 0 aliphatic heterocycles. The molecule has 3 rings (SSSR count). The van der Waals surface area contributed by atoms with Crippen LogP contribution in [0.2, 0.25) is 5.02 Å². The second-order valence-electron chi connectivity index (χ2n) is 6.80. The summed E-state index contributed by atoms with van der Waals surface area (Å²) in [6, 6.07) is 20.6. The van der Waals surface area contributed by atoms with Gasteiger partial charge in [0.05, 0.1) is 11.9 Å². The van der Waals surface area contributed by atoms with Crippen molar-refractivity contribution in [2.75, 3.05) is 29.4 Å². The van der Waals surface area contributed by atoms with E-state index in [1.165, 1.54) is 0 Å². The molecule has 0 fully saturated rings. The Bertz CT molecular complexity index is 1130. The number of nitrogens with one attached hydrogen (secondary N) is 1. The number of anilines is 1. The zero-order valence-electron chi connectivity index (χ0n) is 16.5. The number of nitrogens with zero attached hydrogens (tertiary/aromatic N) is 1. The van der Waals surface area contributed by atoms with Gasteiger partial charge in [-0.2, -0.15) is 11.8 Å². The van der Waals surface area contributed by atoms with E-state index in [1.54, 1.807) is 23.9 Å². The minimum Gasteiger partial charge on any atom is -0.354 e. The van der Waals surface area contributed by atoms with Crippen LogP contribution in [-0.4, -0.2) is 39.4 Å². The van der Waals surface area contributed by atoms with Crippen LogP contribution in [0.4, 0.5) is 5.69 Å². The topological polar surface area (TPSA) is 66.5 Å². The predicted molar refractivity (Wildman–Crippen MR) is 127 cm³/mol. The maximum Gasteiger partial charge on any atom is 0.240 e. The minimum absolute atomic E-state index is 0.258. The minimum atomic E-state index is -3.63. The molecule has 0 spiro atoms. The van der Waals surface area contributed by atoms with Crippen LogP contribution in [0.5, 0.6) is 0 Å². The van der Waals surface area contributed by atoms with Crippen LogP contribution >= 0.6 is 23.4 Å². The molecule has 1 amide bonds. The zero-order chi connectivity index (χ0) is 21.6. The SMILES string of the molecule is CS(=O)(=O)N(CC(=O)NCCSCc1cccc(Cl)c1)c1cccc2ccccc12. The van der Waals surface area contributed by atoms with Gasteiger partial charge in [-0.3, -0.25) is 9.10 Å². The summed E-state index contributed by atoms with van der Waals surface area (Å²) in [5.41, 5.74) is 1.62. The van der Waals surface area contributed by atoms with Crippen LogP contribution < -0.4 is 9.62 Å². The first kappa shape index (κ1) is 22.5. The molecular formula is C22H23ClN2O3S2. The first-order valence-corrected chi connectivity index (χ1v) is 12.8. The number of hydrogen-bond acceptors (Lipinski definition) is 4. The average Bonchev–Trinajstić information content (AvgIpc) is 2.71. The zero-order valence-corrected chi connectivity index (χ0v) is 18.9. The molecule has 0 atom stereocenters. The number of carbonyl (C=O) groups excluding carboxylic acids is 1. The summed E-state index contributed by atoms with van der Waals surface area (Å²) in [7, 11) is -3.63. The van der Waals surface area contributed by atoms with Gasteiger partial charge in [-0.05, 0) is 29.1 Å². The second-order valence-corrected chi connectivity index (χ2v) is 10.2. The largest absolute Gasteiger partial charge is 0.354 e. The van der Waals surface area contributed by atoms with Gasteiger partial charge in [-0.25, -0.2) is 8.42 Å². The maximum atomic E-state index is 12.4. The van der Waals surface area contributed by atoms with Crippen molar-refractivity contribution in [1.82, 2.24) is 5.32 Å². The normalized spacial score (nSPS) is 11.4. The van der Waals surface area contributed by atoms with Crippen LogP contribution in [0.3, 0.4) is 0 Å². The molecule has 0 aliphatic rings. The standard InChI is InChI=1S/C22H23ClN2O3S2/c1-30(27,28)25(21-11-5-8-18-7-2-3-10-20(18)21)15-22(26)24-12-13-29-16-17-6-4-9-19(23)14-17/h2-11,14H,12-13,15-16H2,1H3,(H,24,26). The number of amides is 1. The van der Waals surface area contributed by atoms with E-state index in [9.17, 15) is 13.2 Å². The maximum absolute atomic E-state index is 12.4. The molecule has 158 valence electrons. The highest BCUT2D eigenvalue weighted by atomic mass is 35.5. The summed E-state index contributed by atoms with van der Waals surface area (Å²) in [6.45, 7) is 0.197. The second kappa shape index (κ2) is 10.2. The fraction of sp³-hybridized carbons (Fsp3) is 0.227. The van der Waals surface area contributed by atoms with Crippen molar-refractivity contribution < 1.29 is 13.2 Å². The highest BCUT2D eigenvalue weighted by molar-refractivity contribution is 7.98. The van der Waals surface area contributed by atoms with Crippen molar-refractivity contribution in [2.24, 2.45) is 0 Å². The summed E-state index contributed by atoms with van der Waals surface area (Å²) in [5, 5.41) is 5.22. The smallest absolute Gasteiger partial charge is 0.240 e. The molecule has 5 nitrogen and oxygen atoms in total. The van der Waals surface area contributed by atoms with Crippen LogP contribution in [-0.2, 0) is 20.6 Å². The van der Waals surface area contributed by atoms with E-state index in [0.29, 0.717) is 23.0 Å². The van der Waals surface area contributed by atoms with Gasteiger partial charge in [0.25, 0.3) is 0 Å². The van der Waals surface area contributed by atoms with Crippen LogP contribution in [0.1, 0.15) is 5.56 Å². The lowest BCUT2D eigenvalue weighted by Gasteiger charge is -2.23. The number of rotatable bonds is 9. The third-order valence-electron chi connectivity index (χ3n) is 4.45. The summed E-state index contributed by atoms with van der Waals surface area (Å²) in [5.74, 6) is 1.17. The average molecular weight is 463 g/mol. The number of halogens is 1. The van der Waals surface area contributed by atoms with Gasteiger partial charge in [0, 0.05) is 28.5 Å². The number of thioether (sulfide) groups is 1. The molecule has 8 heteroatoms. The lowest BCUT2D eigenvalue weighted by Crippen LogP contribution is -2.41.